The minimum absolute atomic E-state index is 0.136. The molecular formula is C25H27N3O4S. The van der Waals surface area contributed by atoms with E-state index in [1.165, 1.54) is 12.1 Å². The molecule has 0 aliphatic rings. The van der Waals surface area contributed by atoms with Crippen molar-refractivity contribution in [2.75, 3.05) is 10.6 Å². The molecule has 0 saturated carbocycles. The molecule has 0 bridgehead atoms. The van der Waals surface area contributed by atoms with E-state index >= 15 is 0 Å². The average molecular weight is 466 g/mol. The fourth-order valence-electron chi connectivity index (χ4n) is 3.03. The number of carbonyl (C=O) groups excluding carboxylic acids is 2. The zero-order chi connectivity index (χ0) is 23.8. The van der Waals surface area contributed by atoms with Gasteiger partial charge in [0.2, 0.25) is 15.9 Å². The number of anilines is 2. The predicted molar refractivity (Wildman–Crippen MR) is 130 cm³/mol. The number of amides is 2. The highest BCUT2D eigenvalue weighted by Crippen LogP contribution is 2.17. The van der Waals surface area contributed by atoms with Gasteiger partial charge in [-0.2, -0.15) is 0 Å². The van der Waals surface area contributed by atoms with Crippen LogP contribution in [0.1, 0.15) is 36.2 Å². The van der Waals surface area contributed by atoms with E-state index in [-0.39, 0.29) is 29.2 Å². The highest BCUT2D eigenvalue weighted by atomic mass is 32.2. The molecule has 3 aromatic rings. The lowest BCUT2D eigenvalue weighted by Gasteiger charge is -2.12. The molecule has 7 nitrogen and oxygen atoms in total. The summed E-state index contributed by atoms with van der Waals surface area (Å²) < 4.78 is 27.3. The van der Waals surface area contributed by atoms with Crippen LogP contribution in [0.25, 0.3) is 0 Å². The Balaban J connectivity index is 1.57. The largest absolute Gasteiger partial charge is 0.326 e. The Morgan fingerprint density at radius 2 is 1.39 bits per heavy atom. The average Bonchev–Trinajstić information content (AvgIpc) is 2.80. The molecule has 3 aromatic carbocycles. The molecule has 2 amide bonds. The Kier molecular flexibility index (Phi) is 7.97. The van der Waals surface area contributed by atoms with Crippen LogP contribution >= 0.6 is 0 Å². The van der Waals surface area contributed by atoms with Gasteiger partial charge in [-0.05, 0) is 67.4 Å². The normalized spacial score (nSPS) is 12.1. The Morgan fingerprint density at radius 1 is 0.818 bits per heavy atom. The standard InChI is InChI=1S/C25H27N3O4S/c1-3-18(2)28-33(31,32)23-15-13-22(14-16-23)27-25(30)20-9-11-21(12-10-20)26-24(29)17-19-7-5-4-6-8-19/h4-16,18,28H,3,17H2,1-2H3,(H,26,29)(H,27,30). The minimum atomic E-state index is -3.60. The van der Waals surface area contributed by atoms with E-state index in [4.69, 9.17) is 0 Å². The van der Waals surface area contributed by atoms with E-state index in [1.54, 1.807) is 43.3 Å². The van der Waals surface area contributed by atoms with Crippen molar-refractivity contribution in [3.05, 3.63) is 90.0 Å². The lowest BCUT2D eigenvalue weighted by molar-refractivity contribution is -0.115. The van der Waals surface area contributed by atoms with E-state index in [0.717, 1.165) is 5.56 Å². The molecule has 0 fully saturated rings. The molecule has 0 aliphatic heterocycles. The summed E-state index contributed by atoms with van der Waals surface area (Å²) in [6.07, 6.45) is 0.949. The number of rotatable bonds is 9. The maximum atomic E-state index is 12.5. The van der Waals surface area contributed by atoms with Gasteiger partial charge >= 0.3 is 0 Å². The zero-order valence-electron chi connectivity index (χ0n) is 18.5. The SMILES string of the molecule is CCC(C)NS(=O)(=O)c1ccc(NC(=O)c2ccc(NC(=O)Cc3ccccc3)cc2)cc1. The third-order valence-corrected chi connectivity index (χ3v) is 6.63. The first kappa shape index (κ1) is 24.2. The van der Waals surface area contributed by atoms with E-state index in [9.17, 15) is 18.0 Å². The van der Waals surface area contributed by atoms with Crippen LogP contribution in [0.15, 0.2) is 83.8 Å². The number of benzene rings is 3. The van der Waals surface area contributed by atoms with Crippen LogP contribution in [0.4, 0.5) is 11.4 Å². The molecule has 33 heavy (non-hydrogen) atoms. The summed E-state index contributed by atoms with van der Waals surface area (Å²) in [5.74, 6) is -0.484. The summed E-state index contributed by atoms with van der Waals surface area (Å²) in [6, 6.07) is 21.8. The van der Waals surface area contributed by atoms with Crippen LogP contribution in [0, 0.1) is 0 Å². The topological polar surface area (TPSA) is 104 Å². The number of carbonyl (C=O) groups is 2. The van der Waals surface area contributed by atoms with Gasteiger partial charge < -0.3 is 10.6 Å². The van der Waals surface area contributed by atoms with Gasteiger partial charge in [-0.1, -0.05) is 37.3 Å². The van der Waals surface area contributed by atoms with Gasteiger partial charge in [0, 0.05) is 23.0 Å². The van der Waals surface area contributed by atoms with Gasteiger partial charge in [0.25, 0.3) is 5.91 Å². The molecule has 172 valence electrons. The monoisotopic (exact) mass is 465 g/mol. The molecule has 0 aromatic heterocycles. The third-order valence-electron chi connectivity index (χ3n) is 5.03. The van der Waals surface area contributed by atoms with E-state index < -0.39 is 10.0 Å². The number of hydrogen-bond acceptors (Lipinski definition) is 4. The van der Waals surface area contributed by atoms with Crippen molar-refractivity contribution in [1.82, 2.24) is 4.72 Å². The van der Waals surface area contributed by atoms with Gasteiger partial charge in [0.05, 0.1) is 11.3 Å². The Morgan fingerprint density at radius 3 is 2.00 bits per heavy atom. The first-order valence-electron chi connectivity index (χ1n) is 10.6. The molecule has 0 saturated heterocycles. The lowest BCUT2D eigenvalue weighted by atomic mass is 10.1. The van der Waals surface area contributed by atoms with Crippen LogP contribution in [0.2, 0.25) is 0 Å². The van der Waals surface area contributed by atoms with Gasteiger partial charge in [0.15, 0.2) is 0 Å². The number of nitrogens with one attached hydrogen (secondary N) is 3. The van der Waals surface area contributed by atoms with Crippen LogP contribution in [0.3, 0.4) is 0 Å². The van der Waals surface area contributed by atoms with Gasteiger partial charge in [0.1, 0.15) is 0 Å². The maximum absolute atomic E-state index is 12.5. The van der Waals surface area contributed by atoms with Crippen LogP contribution in [-0.2, 0) is 21.2 Å². The summed E-state index contributed by atoms with van der Waals surface area (Å²) in [5, 5.41) is 5.55. The molecule has 1 atom stereocenters. The second-order valence-corrected chi connectivity index (χ2v) is 9.41. The molecule has 3 N–H and O–H groups in total. The fraction of sp³-hybridized carbons (Fsp3) is 0.200. The van der Waals surface area contributed by atoms with Crippen molar-refractivity contribution in [3.8, 4) is 0 Å². The van der Waals surface area contributed by atoms with Gasteiger partial charge in [-0.25, -0.2) is 13.1 Å². The van der Waals surface area contributed by atoms with Gasteiger partial charge in [-0.15, -0.1) is 0 Å². The third kappa shape index (κ3) is 7.00. The molecule has 0 spiro atoms. The molecular weight excluding hydrogens is 438 g/mol. The summed E-state index contributed by atoms with van der Waals surface area (Å²) in [4.78, 5) is 24.8. The predicted octanol–water partition coefficient (Wildman–Crippen LogP) is 4.20. The van der Waals surface area contributed by atoms with Crippen LogP contribution < -0.4 is 15.4 Å². The number of sulfonamides is 1. The smallest absolute Gasteiger partial charge is 0.255 e. The molecule has 3 rings (SSSR count). The fourth-order valence-corrected chi connectivity index (χ4v) is 4.36. The summed E-state index contributed by atoms with van der Waals surface area (Å²) in [7, 11) is -3.60. The molecule has 1 unspecified atom stereocenters. The quantitative estimate of drug-likeness (QED) is 0.441. The van der Waals surface area contributed by atoms with Crippen molar-refractivity contribution in [3.63, 3.8) is 0 Å². The van der Waals surface area contributed by atoms with Crippen molar-refractivity contribution in [2.45, 2.75) is 37.6 Å². The first-order valence-corrected chi connectivity index (χ1v) is 12.1. The number of hydrogen-bond donors (Lipinski definition) is 3. The zero-order valence-corrected chi connectivity index (χ0v) is 19.4. The molecule has 8 heteroatoms. The van der Waals surface area contributed by atoms with Crippen molar-refractivity contribution >= 4 is 33.2 Å². The van der Waals surface area contributed by atoms with Crippen molar-refractivity contribution < 1.29 is 18.0 Å². The molecule has 0 heterocycles. The van der Waals surface area contributed by atoms with E-state index in [2.05, 4.69) is 15.4 Å². The summed E-state index contributed by atoms with van der Waals surface area (Å²) in [5.41, 5.74) is 2.39. The molecule has 0 radical (unpaired) electrons. The second-order valence-electron chi connectivity index (χ2n) is 7.70. The van der Waals surface area contributed by atoms with Crippen LogP contribution in [-0.4, -0.2) is 26.3 Å². The first-order chi connectivity index (χ1) is 15.8. The van der Waals surface area contributed by atoms with E-state index in [1.807, 2.05) is 37.3 Å². The summed E-state index contributed by atoms with van der Waals surface area (Å²) >= 11 is 0. The van der Waals surface area contributed by atoms with Crippen molar-refractivity contribution in [1.29, 1.82) is 0 Å². The Bertz CT molecular complexity index is 1190. The van der Waals surface area contributed by atoms with E-state index in [0.29, 0.717) is 23.4 Å². The highest BCUT2D eigenvalue weighted by Gasteiger charge is 2.16. The van der Waals surface area contributed by atoms with Crippen LogP contribution in [0.5, 0.6) is 0 Å². The Hall–Kier alpha value is -3.49. The lowest BCUT2D eigenvalue weighted by Crippen LogP contribution is -2.31. The molecule has 0 aliphatic carbocycles. The second kappa shape index (κ2) is 10.9. The Labute approximate surface area is 194 Å². The van der Waals surface area contributed by atoms with Gasteiger partial charge in [-0.3, -0.25) is 9.59 Å². The highest BCUT2D eigenvalue weighted by molar-refractivity contribution is 7.89. The maximum Gasteiger partial charge on any atom is 0.255 e. The van der Waals surface area contributed by atoms with Crippen molar-refractivity contribution in [2.24, 2.45) is 0 Å². The minimum Gasteiger partial charge on any atom is -0.326 e. The summed E-state index contributed by atoms with van der Waals surface area (Å²) in [6.45, 7) is 3.70.